The van der Waals surface area contributed by atoms with Crippen LogP contribution in [0.15, 0.2) is 18.2 Å². The third-order valence-electron chi connectivity index (χ3n) is 6.37. The first-order chi connectivity index (χ1) is 12.9. The van der Waals surface area contributed by atoms with Crippen LogP contribution < -0.4 is 14.8 Å². The molecule has 0 saturated carbocycles. The number of carbonyl (C=O) groups is 1. The van der Waals surface area contributed by atoms with Gasteiger partial charge >= 0.3 is 5.97 Å². The van der Waals surface area contributed by atoms with Crippen molar-refractivity contribution in [3.05, 3.63) is 23.8 Å². The van der Waals surface area contributed by atoms with Gasteiger partial charge in [-0.3, -0.25) is 4.79 Å². The Balaban J connectivity index is 1.76. The Bertz CT molecular complexity index is 733. The highest BCUT2D eigenvalue weighted by molar-refractivity contribution is 5.78. The maximum absolute atomic E-state index is 13.0. The van der Waals surface area contributed by atoms with Crippen LogP contribution in [0.25, 0.3) is 0 Å². The monoisotopic (exact) mass is 375 g/mol. The quantitative estimate of drug-likeness (QED) is 0.820. The Hall–Kier alpha value is -1.79. The second kappa shape index (κ2) is 6.67. The third-order valence-corrected chi connectivity index (χ3v) is 6.37. The molecule has 0 unspecified atom stereocenters. The number of methoxy groups -OCH3 is 1. The molecule has 3 aliphatic rings. The Morgan fingerprint density at radius 3 is 2.93 bits per heavy atom. The molecule has 2 fully saturated rings. The molecule has 148 valence electrons. The molecule has 0 amide bonds. The summed E-state index contributed by atoms with van der Waals surface area (Å²) < 4.78 is 23.9. The SMILES string of the molecule is CCOC(=O)[C@@]12CNCC[C@@H]1O[C@@H]1c3cc(OC)ccc3OC(C)(C)[C@H]1C2. The summed E-state index contributed by atoms with van der Waals surface area (Å²) in [5.41, 5.74) is -0.102. The minimum atomic E-state index is -0.660. The lowest BCUT2D eigenvalue weighted by molar-refractivity contribution is -0.223. The van der Waals surface area contributed by atoms with Crippen LogP contribution in [0.2, 0.25) is 0 Å². The molecular formula is C21H29NO5. The molecule has 27 heavy (non-hydrogen) atoms. The highest BCUT2D eigenvalue weighted by Gasteiger charge is 2.60. The molecule has 3 aliphatic heterocycles. The molecular weight excluding hydrogens is 346 g/mol. The highest BCUT2D eigenvalue weighted by atomic mass is 16.5. The predicted octanol–water partition coefficient (Wildman–Crippen LogP) is 2.86. The predicted molar refractivity (Wildman–Crippen MR) is 100.0 cm³/mol. The molecule has 1 aromatic carbocycles. The first kappa shape index (κ1) is 18.6. The first-order valence-electron chi connectivity index (χ1n) is 9.81. The van der Waals surface area contributed by atoms with Gasteiger partial charge in [0.15, 0.2) is 0 Å². The van der Waals surface area contributed by atoms with Gasteiger partial charge in [-0.05, 0) is 58.4 Å². The summed E-state index contributed by atoms with van der Waals surface area (Å²) in [5, 5.41) is 3.38. The van der Waals surface area contributed by atoms with Crippen molar-refractivity contribution >= 4 is 5.97 Å². The summed E-state index contributed by atoms with van der Waals surface area (Å²) in [6.07, 6.45) is 1.19. The second-order valence-electron chi connectivity index (χ2n) is 8.31. The average Bonchev–Trinajstić information content (AvgIpc) is 2.66. The van der Waals surface area contributed by atoms with Crippen molar-refractivity contribution in [2.45, 2.75) is 51.4 Å². The number of rotatable bonds is 3. The molecule has 2 saturated heterocycles. The van der Waals surface area contributed by atoms with Crippen molar-refractivity contribution in [1.29, 1.82) is 0 Å². The molecule has 0 aliphatic carbocycles. The lowest BCUT2D eigenvalue weighted by atomic mass is 9.63. The molecule has 0 radical (unpaired) electrons. The van der Waals surface area contributed by atoms with E-state index in [-0.39, 0.29) is 24.1 Å². The fourth-order valence-electron chi connectivity index (χ4n) is 4.90. The Kier molecular flexibility index (Phi) is 4.59. The maximum atomic E-state index is 13.0. The topological polar surface area (TPSA) is 66.0 Å². The zero-order chi connectivity index (χ0) is 19.2. The van der Waals surface area contributed by atoms with Crippen LogP contribution in [0.4, 0.5) is 0 Å². The van der Waals surface area contributed by atoms with Crippen molar-refractivity contribution in [2.24, 2.45) is 11.3 Å². The standard InChI is InChI=1S/C21H29NO5/c1-5-25-19(23)21-11-15-18(26-17(21)8-9-22-12-21)14-10-13(24-4)6-7-16(14)27-20(15,2)3/h6-7,10,15,17-18,22H,5,8-9,11-12H2,1-4H3/t15-,17-,18+,21-/m0/s1. The average molecular weight is 375 g/mol. The number of esters is 1. The number of piperidine rings is 1. The van der Waals surface area contributed by atoms with E-state index in [1.165, 1.54) is 0 Å². The fraction of sp³-hybridized carbons (Fsp3) is 0.667. The lowest BCUT2D eigenvalue weighted by Crippen LogP contribution is -2.63. The van der Waals surface area contributed by atoms with Crippen molar-refractivity contribution in [3.8, 4) is 11.5 Å². The molecule has 0 spiro atoms. The molecule has 4 atom stereocenters. The fourth-order valence-corrected chi connectivity index (χ4v) is 4.90. The Morgan fingerprint density at radius 1 is 1.37 bits per heavy atom. The number of hydrogen-bond acceptors (Lipinski definition) is 6. The number of benzene rings is 1. The van der Waals surface area contributed by atoms with Crippen LogP contribution in [-0.2, 0) is 14.3 Å². The lowest BCUT2D eigenvalue weighted by Gasteiger charge is -2.56. The van der Waals surface area contributed by atoms with Crippen LogP contribution in [0.5, 0.6) is 11.5 Å². The Morgan fingerprint density at radius 2 is 2.19 bits per heavy atom. The zero-order valence-corrected chi connectivity index (χ0v) is 16.5. The van der Waals surface area contributed by atoms with E-state index in [0.717, 1.165) is 30.0 Å². The van der Waals surface area contributed by atoms with Gasteiger partial charge in [0.05, 0.1) is 25.9 Å². The van der Waals surface area contributed by atoms with Gasteiger partial charge in [0.1, 0.15) is 22.5 Å². The summed E-state index contributed by atoms with van der Waals surface area (Å²) in [6.45, 7) is 7.81. The summed E-state index contributed by atoms with van der Waals surface area (Å²) in [4.78, 5) is 13.0. The third kappa shape index (κ3) is 2.90. The van der Waals surface area contributed by atoms with Crippen molar-refractivity contribution in [2.75, 3.05) is 26.8 Å². The second-order valence-corrected chi connectivity index (χ2v) is 8.31. The normalized spacial score (nSPS) is 33.7. The number of ether oxygens (including phenoxy) is 4. The van der Waals surface area contributed by atoms with E-state index in [9.17, 15) is 4.79 Å². The molecule has 0 aromatic heterocycles. The van der Waals surface area contributed by atoms with Crippen LogP contribution in [0, 0.1) is 11.3 Å². The van der Waals surface area contributed by atoms with Gasteiger partial charge in [-0.1, -0.05) is 0 Å². The minimum absolute atomic E-state index is 0.0395. The molecule has 3 heterocycles. The van der Waals surface area contributed by atoms with Gasteiger partial charge in [0, 0.05) is 18.0 Å². The van der Waals surface area contributed by atoms with E-state index >= 15 is 0 Å². The number of fused-ring (bicyclic) bond motifs is 4. The van der Waals surface area contributed by atoms with Gasteiger partial charge in [-0.25, -0.2) is 0 Å². The number of hydrogen-bond donors (Lipinski definition) is 1. The van der Waals surface area contributed by atoms with Crippen LogP contribution in [-0.4, -0.2) is 44.5 Å². The molecule has 4 rings (SSSR count). The van der Waals surface area contributed by atoms with Crippen molar-refractivity contribution in [3.63, 3.8) is 0 Å². The molecule has 6 heteroatoms. The molecule has 6 nitrogen and oxygen atoms in total. The van der Waals surface area contributed by atoms with Gasteiger partial charge in [0.25, 0.3) is 0 Å². The smallest absolute Gasteiger partial charge is 0.316 e. The van der Waals surface area contributed by atoms with Crippen LogP contribution >= 0.6 is 0 Å². The van der Waals surface area contributed by atoms with Gasteiger partial charge in [0.2, 0.25) is 0 Å². The van der Waals surface area contributed by atoms with E-state index < -0.39 is 11.0 Å². The summed E-state index contributed by atoms with van der Waals surface area (Å²) in [7, 11) is 1.66. The molecule has 1 N–H and O–H groups in total. The summed E-state index contributed by atoms with van der Waals surface area (Å²) >= 11 is 0. The zero-order valence-electron chi connectivity index (χ0n) is 16.5. The molecule has 1 aromatic rings. The summed E-state index contributed by atoms with van der Waals surface area (Å²) in [6, 6.07) is 5.86. The van der Waals surface area contributed by atoms with E-state index in [1.54, 1.807) is 7.11 Å². The van der Waals surface area contributed by atoms with Crippen LogP contribution in [0.3, 0.4) is 0 Å². The van der Waals surface area contributed by atoms with Gasteiger partial charge in [-0.15, -0.1) is 0 Å². The van der Waals surface area contributed by atoms with E-state index in [2.05, 4.69) is 19.2 Å². The van der Waals surface area contributed by atoms with E-state index in [4.69, 9.17) is 18.9 Å². The van der Waals surface area contributed by atoms with Gasteiger partial charge in [-0.2, -0.15) is 0 Å². The summed E-state index contributed by atoms with van der Waals surface area (Å²) in [5.74, 6) is 1.50. The highest BCUT2D eigenvalue weighted by Crippen LogP contribution is 2.56. The van der Waals surface area contributed by atoms with Gasteiger partial charge < -0.3 is 24.3 Å². The molecule has 0 bridgehead atoms. The number of nitrogens with one attached hydrogen (secondary N) is 1. The van der Waals surface area contributed by atoms with Crippen molar-refractivity contribution in [1.82, 2.24) is 5.32 Å². The minimum Gasteiger partial charge on any atom is -0.497 e. The van der Waals surface area contributed by atoms with Crippen molar-refractivity contribution < 1.29 is 23.7 Å². The maximum Gasteiger partial charge on any atom is 0.316 e. The van der Waals surface area contributed by atoms with E-state index in [1.807, 2.05) is 25.1 Å². The number of carbonyl (C=O) groups excluding carboxylic acids is 1. The largest absolute Gasteiger partial charge is 0.497 e. The Labute approximate surface area is 160 Å². The van der Waals surface area contributed by atoms with Crippen LogP contribution in [0.1, 0.15) is 45.3 Å². The first-order valence-corrected chi connectivity index (χ1v) is 9.81. The van der Waals surface area contributed by atoms with E-state index in [0.29, 0.717) is 19.6 Å².